The molecule has 21 heavy (non-hydrogen) atoms. The van der Waals surface area contributed by atoms with Crippen molar-refractivity contribution in [2.75, 3.05) is 25.4 Å². The van der Waals surface area contributed by atoms with Crippen molar-refractivity contribution in [2.45, 2.75) is 57.9 Å². The number of hydrogen-bond donors (Lipinski definition) is 0. The highest BCUT2D eigenvalue weighted by Gasteiger charge is 2.40. The maximum atomic E-state index is 12.6. The van der Waals surface area contributed by atoms with Gasteiger partial charge in [-0.3, -0.25) is 9.63 Å². The molecule has 6 nitrogen and oxygen atoms in total. The lowest BCUT2D eigenvalue weighted by Gasteiger charge is -2.28. The molecule has 0 spiro atoms. The van der Waals surface area contributed by atoms with Gasteiger partial charge in [-0.2, -0.15) is 4.31 Å². The van der Waals surface area contributed by atoms with Gasteiger partial charge >= 0.3 is 0 Å². The molecule has 1 unspecified atom stereocenters. The van der Waals surface area contributed by atoms with Crippen LogP contribution in [0.4, 0.5) is 0 Å². The zero-order valence-electron chi connectivity index (χ0n) is 12.8. The molecule has 2 fully saturated rings. The van der Waals surface area contributed by atoms with Crippen LogP contribution in [-0.2, 0) is 19.7 Å². The van der Waals surface area contributed by atoms with Crippen LogP contribution >= 0.6 is 0 Å². The van der Waals surface area contributed by atoms with Gasteiger partial charge in [0.2, 0.25) is 10.0 Å². The Hall–Kier alpha value is -0.660. The Morgan fingerprint density at radius 3 is 2.76 bits per heavy atom. The number of amides is 1. The predicted octanol–water partition coefficient (Wildman–Crippen LogP) is 1.52. The summed E-state index contributed by atoms with van der Waals surface area (Å²) in [6, 6.07) is -0.565. The summed E-state index contributed by atoms with van der Waals surface area (Å²) in [4.78, 5) is 18.1. The van der Waals surface area contributed by atoms with E-state index in [4.69, 9.17) is 4.84 Å². The highest BCUT2D eigenvalue weighted by molar-refractivity contribution is 7.89. The van der Waals surface area contributed by atoms with Gasteiger partial charge in [-0.1, -0.05) is 13.3 Å². The number of nitrogens with zero attached hydrogens (tertiary/aromatic N) is 2. The molecule has 2 heterocycles. The average Bonchev–Trinajstić information content (AvgIpc) is 2.81. The number of sulfonamides is 1. The van der Waals surface area contributed by atoms with E-state index >= 15 is 0 Å². The summed E-state index contributed by atoms with van der Waals surface area (Å²) in [6.07, 6.45) is 5.74. The second kappa shape index (κ2) is 7.56. The SMILES string of the molecule is CCCCS(=O)(=O)N1CCCC1C(=O)N1CCCCCO1. The van der Waals surface area contributed by atoms with Crippen molar-refractivity contribution in [3.05, 3.63) is 0 Å². The zero-order valence-corrected chi connectivity index (χ0v) is 13.6. The molecule has 0 aromatic carbocycles. The number of unbranched alkanes of at least 4 members (excludes halogenated alkanes) is 1. The fourth-order valence-corrected chi connectivity index (χ4v) is 4.76. The van der Waals surface area contributed by atoms with E-state index < -0.39 is 16.1 Å². The molecule has 1 atom stereocenters. The molecule has 0 aromatic rings. The first-order valence-electron chi connectivity index (χ1n) is 8.00. The van der Waals surface area contributed by atoms with E-state index in [-0.39, 0.29) is 11.7 Å². The molecule has 2 rings (SSSR count). The van der Waals surface area contributed by atoms with Crippen LogP contribution in [0.2, 0.25) is 0 Å². The zero-order chi connectivity index (χ0) is 15.3. The standard InChI is InChI=1S/C14H26N2O4S/c1-2-3-12-21(18,19)16-10-7-8-13(16)14(17)15-9-5-4-6-11-20-15/h13H,2-12H2,1H3. The van der Waals surface area contributed by atoms with Crippen molar-refractivity contribution in [1.29, 1.82) is 0 Å². The third-order valence-corrected chi connectivity index (χ3v) is 6.06. The molecule has 0 radical (unpaired) electrons. The molecule has 0 saturated carbocycles. The summed E-state index contributed by atoms with van der Waals surface area (Å²) in [5.41, 5.74) is 0. The number of hydroxylamine groups is 2. The lowest BCUT2D eigenvalue weighted by Crippen LogP contribution is -2.48. The van der Waals surface area contributed by atoms with Gasteiger partial charge in [0.25, 0.3) is 5.91 Å². The number of hydrogen-bond acceptors (Lipinski definition) is 4. The Morgan fingerprint density at radius 1 is 1.19 bits per heavy atom. The van der Waals surface area contributed by atoms with Crippen molar-refractivity contribution in [1.82, 2.24) is 9.37 Å². The minimum atomic E-state index is -3.33. The van der Waals surface area contributed by atoms with Crippen LogP contribution in [0.25, 0.3) is 0 Å². The molecular formula is C14H26N2O4S. The maximum absolute atomic E-state index is 12.6. The third kappa shape index (κ3) is 4.17. The van der Waals surface area contributed by atoms with Crippen LogP contribution in [-0.4, -0.2) is 55.2 Å². The molecule has 0 N–H and O–H groups in total. The van der Waals surface area contributed by atoms with Gasteiger partial charge in [0.05, 0.1) is 12.4 Å². The second-order valence-corrected chi connectivity index (χ2v) is 7.81. The summed E-state index contributed by atoms with van der Waals surface area (Å²) in [5.74, 6) is -0.0526. The summed E-state index contributed by atoms with van der Waals surface area (Å²) >= 11 is 0. The van der Waals surface area contributed by atoms with Gasteiger partial charge in [0.15, 0.2) is 0 Å². The van der Waals surface area contributed by atoms with E-state index in [2.05, 4.69) is 0 Å². The largest absolute Gasteiger partial charge is 0.271 e. The van der Waals surface area contributed by atoms with Crippen molar-refractivity contribution in [2.24, 2.45) is 0 Å². The van der Waals surface area contributed by atoms with E-state index in [1.54, 1.807) is 0 Å². The Morgan fingerprint density at radius 2 is 2.00 bits per heavy atom. The fraction of sp³-hybridized carbons (Fsp3) is 0.929. The summed E-state index contributed by atoms with van der Waals surface area (Å²) in [6.45, 7) is 3.53. The van der Waals surface area contributed by atoms with Crippen LogP contribution in [0.15, 0.2) is 0 Å². The van der Waals surface area contributed by atoms with Gasteiger partial charge in [-0.25, -0.2) is 13.5 Å². The van der Waals surface area contributed by atoms with Gasteiger partial charge < -0.3 is 0 Å². The van der Waals surface area contributed by atoms with Gasteiger partial charge in [0, 0.05) is 13.1 Å². The molecule has 2 aliphatic rings. The monoisotopic (exact) mass is 318 g/mol. The van der Waals surface area contributed by atoms with E-state index in [0.29, 0.717) is 32.5 Å². The number of rotatable bonds is 5. The number of carbonyl (C=O) groups excluding carboxylic acids is 1. The summed E-state index contributed by atoms with van der Waals surface area (Å²) in [7, 11) is -3.33. The van der Waals surface area contributed by atoms with Crippen molar-refractivity contribution in [3.8, 4) is 0 Å². The Balaban J connectivity index is 2.05. The highest BCUT2D eigenvalue weighted by Crippen LogP contribution is 2.24. The van der Waals surface area contributed by atoms with Crippen LogP contribution in [0.1, 0.15) is 51.9 Å². The second-order valence-electron chi connectivity index (χ2n) is 5.77. The molecular weight excluding hydrogens is 292 g/mol. The first-order valence-corrected chi connectivity index (χ1v) is 9.61. The lowest BCUT2D eigenvalue weighted by atomic mass is 10.2. The molecule has 2 aliphatic heterocycles. The highest BCUT2D eigenvalue weighted by atomic mass is 32.2. The topological polar surface area (TPSA) is 66.9 Å². The fourth-order valence-electron chi connectivity index (χ4n) is 2.88. The van der Waals surface area contributed by atoms with E-state index in [9.17, 15) is 13.2 Å². The Labute approximate surface area is 127 Å². The summed E-state index contributed by atoms with van der Waals surface area (Å²) < 4.78 is 26.1. The Bertz CT molecular complexity index is 444. The molecule has 1 amide bonds. The van der Waals surface area contributed by atoms with Crippen LogP contribution in [0, 0.1) is 0 Å². The molecule has 0 aliphatic carbocycles. The minimum absolute atomic E-state index is 0.133. The molecule has 0 bridgehead atoms. The molecule has 0 aromatic heterocycles. The summed E-state index contributed by atoms with van der Waals surface area (Å²) in [5, 5.41) is 1.39. The molecule has 2 saturated heterocycles. The van der Waals surface area contributed by atoms with Crippen LogP contribution < -0.4 is 0 Å². The minimum Gasteiger partial charge on any atom is -0.271 e. The smallest absolute Gasteiger partial charge is 0.264 e. The lowest BCUT2D eigenvalue weighted by molar-refractivity contribution is -0.187. The quantitative estimate of drug-likeness (QED) is 0.771. The normalized spacial score (nSPS) is 25.0. The predicted molar refractivity (Wildman–Crippen MR) is 79.9 cm³/mol. The molecule has 7 heteroatoms. The average molecular weight is 318 g/mol. The van der Waals surface area contributed by atoms with Gasteiger partial charge in [-0.15, -0.1) is 0 Å². The molecule has 122 valence electrons. The van der Waals surface area contributed by atoms with Gasteiger partial charge in [0.1, 0.15) is 6.04 Å². The van der Waals surface area contributed by atoms with E-state index in [0.717, 1.165) is 32.1 Å². The first-order chi connectivity index (χ1) is 10.1. The third-order valence-electron chi connectivity index (χ3n) is 4.10. The Kier molecular flexibility index (Phi) is 6.01. The maximum Gasteiger partial charge on any atom is 0.264 e. The van der Waals surface area contributed by atoms with Crippen LogP contribution in [0.3, 0.4) is 0 Å². The van der Waals surface area contributed by atoms with Crippen molar-refractivity contribution in [3.63, 3.8) is 0 Å². The van der Waals surface area contributed by atoms with Crippen molar-refractivity contribution >= 4 is 15.9 Å². The van der Waals surface area contributed by atoms with Gasteiger partial charge in [-0.05, 0) is 38.5 Å². The van der Waals surface area contributed by atoms with Crippen LogP contribution in [0.5, 0.6) is 0 Å². The van der Waals surface area contributed by atoms with E-state index in [1.807, 2.05) is 6.92 Å². The number of carbonyl (C=O) groups is 1. The van der Waals surface area contributed by atoms with E-state index in [1.165, 1.54) is 9.37 Å². The first kappa shape index (κ1) is 16.7. The van der Waals surface area contributed by atoms with Crippen molar-refractivity contribution < 1.29 is 18.0 Å².